The fraction of sp³-hybridized carbons (Fsp3) is 0.741. The molecule has 3 heterocycles. The molecule has 0 unspecified atom stereocenters. The van der Waals surface area contributed by atoms with Crippen LogP contribution in [0.2, 0.25) is 0 Å². The molecule has 0 bridgehead atoms. The third-order valence-electron chi connectivity index (χ3n) is 7.97. The van der Waals surface area contributed by atoms with Crippen molar-refractivity contribution < 1.29 is 38.8 Å². The quantitative estimate of drug-likeness (QED) is 0.386. The molecule has 10 heteroatoms. The topological polar surface area (TPSA) is 129 Å². The van der Waals surface area contributed by atoms with E-state index in [1.807, 2.05) is 20.8 Å². The number of Topliss-reactive ketones (excluding diaryl/α,β-unsaturated/α-hetero) is 1. The first-order chi connectivity index (χ1) is 17.3. The van der Waals surface area contributed by atoms with Crippen LogP contribution in [0.15, 0.2) is 11.2 Å². The number of fused-ring (bicyclic) bond motifs is 1. The molecule has 0 spiro atoms. The molecule has 3 N–H and O–H groups in total. The number of hydrogen-bond donors (Lipinski definition) is 3. The first-order valence-corrected chi connectivity index (χ1v) is 13.9. The first kappa shape index (κ1) is 29.8. The molecule has 1 aromatic rings. The van der Waals surface area contributed by atoms with Gasteiger partial charge in [-0.25, -0.2) is 9.37 Å². The standard InChI is InChI=1S/C27H40FNO7S/c1-6-17-24(33)15(2)8-7-9-27(5)21(36-27)11-19(18(28)10-16-14-37-22(13-30)29-16)35-23(32)12-20(31)26(3,4)25(17)34/h10,14-15,17,19-21,24,30-31,33H,6-9,11-13H2,1-5H3/b18-10+/t15-,17+,19-,20-,21-,24-,27+/m0/s1. The van der Waals surface area contributed by atoms with Crippen LogP contribution in [-0.4, -0.2) is 62.1 Å². The van der Waals surface area contributed by atoms with Gasteiger partial charge in [0, 0.05) is 17.7 Å². The van der Waals surface area contributed by atoms with Crippen LogP contribution in [0, 0.1) is 17.3 Å². The number of cyclic esters (lactones) is 1. The predicted molar refractivity (Wildman–Crippen MR) is 137 cm³/mol. The maximum absolute atomic E-state index is 15.4. The van der Waals surface area contributed by atoms with E-state index in [4.69, 9.17) is 9.47 Å². The number of rotatable bonds is 4. The Bertz CT molecular complexity index is 995. The molecule has 0 radical (unpaired) electrons. The maximum Gasteiger partial charge on any atom is 0.309 e. The molecule has 2 aliphatic rings. The molecular formula is C27H40FNO7S. The fourth-order valence-electron chi connectivity index (χ4n) is 5.10. The molecule has 0 saturated carbocycles. The van der Waals surface area contributed by atoms with Gasteiger partial charge in [-0.1, -0.05) is 34.1 Å². The molecular weight excluding hydrogens is 501 g/mol. The van der Waals surface area contributed by atoms with Crippen LogP contribution in [0.1, 0.15) is 83.8 Å². The Hall–Kier alpha value is -1.72. The summed E-state index contributed by atoms with van der Waals surface area (Å²) in [4.78, 5) is 30.4. The average Bonchev–Trinajstić information content (AvgIpc) is 3.24. The third-order valence-corrected chi connectivity index (χ3v) is 8.82. The van der Waals surface area contributed by atoms with E-state index in [1.165, 1.54) is 17.4 Å². The van der Waals surface area contributed by atoms with Gasteiger partial charge >= 0.3 is 5.97 Å². The molecule has 37 heavy (non-hydrogen) atoms. The maximum atomic E-state index is 15.4. The average molecular weight is 542 g/mol. The highest BCUT2D eigenvalue weighted by Gasteiger charge is 2.53. The number of aromatic nitrogens is 1. The Kier molecular flexibility index (Phi) is 9.66. The molecule has 2 saturated heterocycles. The van der Waals surface area contributed by atoms with E-state index < -0.39 is 53.5 Å². The van der Waals surface area contributed by atoms with Gasteiger partial charge in [-0.05, 0) is 38.2 Å². The van der Waals surface area contributed by atoms with Gasteiger partial charge in [-0.3, -0.25) is 9.59 Å². The van der Waals surface area contributed by atoms with Crippen LogP contribution in [0.25, 0.3) is 6.08 Å². The largest absolute Gasteiger partial charge is 0.455 e. The van der Waals surface area contributed by atoms with Crippen molar-refractivity contribution in [3.63, 3.8) is 0 Å². The van der Waals surface area contributed by atoms with Crippen molar-refractivity contribution in [2.75, 3.05) is 0 Å². The zero-order valence-corrected chi connectivity index (χ0v) is 23.1. The Morgan fingerprint density at radius 1 is 1.30 bits per heavy atom. The Balaban J connectivity index is 1.87. The van der Waals surface area contributed by atoms with E-state index in [2.05, 4.69) is 4.98 Å². The van der Waals surface area contributed by atoms with E-state index in [-0.39, 0.29) is 30.8 Å². The van der Waals surface area contributed by atoms with Gasteiger partial charge in [0.15, 0.2) is 6.10 Å². The Morgan fingerprint density at radius 2 is 2.00 bits per heavy atom. The molecule has 1 aromatic heterocycles. The molecule has 0 aliphatic carbocycles. The predicted octanol–water partition coefficient (Wildman–Crippen LogP) is 3.96. The normalized spacial score (nSPS) is 36.1. The van der Waals surface area contributed by atoms with Crippen molar-refractivity contribution in [2.24, 2.45) is 17.3 Å². The summed E-state index contributed by atoms with van der Waals surface area (Å²) < 4.78 is 26.7. The first-order valence-electron chi connectivity index (χ1n) is 13.0. The highest BCUT2D eigenvalue weighted by Crippen LogP contribution is 2.45. The number of carbonyl (C=O) groups excluding carboxylic acids is 2. The lowest BCUT2D eigenvalue weighted by atomic mass is 9.71. The van der Waals surface area contributed by atoms with Crippen LogP contribution < -0.4 is 0 Å². The second-order valence-electron chi connectivity index (χ2n) is 11.2. The summed E-state index contributed by atoms with van der Waals surface area (Å²) in [6.45, 7) is 8.52. The lowest BCUT2D eigenvalue weighted by Crippen LogP contribution is -2.46. The van der Waals surface area contributed by atoms with E-state index in [9.17, 15) is 24.9 Å². The van der Waals surface area contributed by atoms with Crippen molar-refractivity contribution in [2.45, 2.75) is 110 Å². The second kappa shape index (κ2) is 12.0. The molecule has 2 aliphatic heterocycles. The van der Waals surface area contributed by atoms with Crippen molar-refractivity contribution in [3.8, 4) is 0 Å². The van der Waals surface area contributed by atoms with Gasteiger partial charge in [-0.15, -0.1) is 11.3 Å². The van der Waals surface area contributed by atoms with E-state index in [0.717, 1.165) is 6.42 Å². The molecule has 0 aromatic carbocycles. The highest BCUT2D eigenvalue weighted by atomic mass is 32.1. The minimum absolute atomic E-state index is 0.0933. The van der Waals surface area contributed by atoms with E-state index >= 15 is 4.39 Å². The molecule has 0 amide bonds. The lowest BCUT2D eigenvalue weighted by Gasteiger charge is -2.35. The van der Waals surface area contributed by atoms with Crippen LogP contribution in [0.5, 0.6) is 0 Å². The third kappa shape index (κ3) is 7.03. The van der Waals surface area contributed by atoms with Crippen LogP contribution in [0.3, 0.4) is 0 Å². The molecule has 7 atom stereocenters. The molecule has 208 valence electrons. The second-order valence-corrected chi connectivity index (χ2v) is 12.1. The highest BCUT2D eigenvalue weighted by molar-refractivity contribution is 7.09. The minimum atomic E-state index is -1.38. The Morgan fingerprint density at radius 3 is 2.62 bits per heavy atom. The molecule has 2 fully saturated rings. The summed E-state index contributed by atoms with van der Waals surface area (Å²) in [6, 6.07) is 0. The minimum Gasteiger partial charge on any atom is -0.455 e. The number of halogens is 1. The van der Waals surface area contributed by atoms with Crippen LogP contribution in [0.4, 0.5) is 4.39 Å². The number of aliphatic hydroxyl groups is 3. The monoisotopic (exact) mass is 541 g/mol. The summed E-state index contributed by atoms with van der Waals surface area (Å²) >= 11 is 1.19. The van der Waals surface area contributed by atoms with Crippen molar-refractivity contribution >= 4 is 29.2 Å². The van der Waals surface area contributed by atoms with Crippen LogP contribution >= 0.6 is 11.3 Å². The lowest BCUT2D eigenvalue weighted by molar-refractivity contribution is -0.155. The zero-order valence-electron chi connectivity index (χ0n) is 22.3. The Labute approximate surface area is 221 Å². The number of hydrogen-bond acceptors (Lipinski definition) is 9. The molecule has 8 nitrogen and oxygen atoms in total. The van der Waals surface area contributed by atoms with Crippen LogP contribution in [-0.2, 0) is 25.7 Å². The zero-order chi connectivity index (χ0) is 27.5. The summed E-state index contributed by atoms with van der Waals surface area (Å²) in [6.07, 6.45) is -0.544. The van der Waals surface area contributed by atoms with Crippen molar-refractivity contribution in [1.29, 1.82) is 0 Å². The number of thiazole rings is 1. The summed E-state index contributed by atoms with van der Waals surface area (Å²) in [7, 11) is 0. The van der Waals surface area contributed by atoms with E-state index in [1.54, 1.807) is 19.2 Å². The number of nitrogens with zero attached hydrogens (tertiary/aromatic N) is 1. The van der Waals surface area contributed by atoms with Crippen molar-refractivity contribution in [1.82, 2.24) is 4.98 Å². The van der Waals surface area contributed by atoms with Gasteiger partial charge in [-0.2, -0.15) is 0 Å². The van der Waals surface area contributed by atoms with E-state index in [0.29, 0.717) is 30.0 Å². The van der Waals surface area contributed by atoms with Gasteiger partial charge in [0.1, 0.15) is 16.6 Å². The smallest absolute Gasteiger partial charge is 0.309 e. The van der Waals surface area contributed by atoms with Gasteiger partial charge in [0.25, 0.3) is 0 Å². The SMILES string of the molecule is CC[C@H]1C(=O)C(C)(C)[C@@H](O)CC(=O)O[C@H](/C(F)=C\c2csc(CO)n2)C[C@@H]2O[C@]2(C)CCC[C@H](C)[C@@H]1O. The summed E-state index contributed by atoms with van der Waals surface area (Å²) in [5.74, 6) is -2.69. The number of epoxide rings is 1. The fourth-order valence-corrected chi connectivity index (χ4v) is 5.71. The summed E-state index contributed by atoms with van der Waals surface area (Å²) in [5, 5.41) is 33.1. The number of ketones is 1. The number of aliphatic hydroxyl groups excluding tert-OH is 3. The number of esters is 1. The molecule has 3 rings (SSSR count). The van der Waals surface area contributed by atoms with Gasteiger partial charge < -0.3 is 24.8 Å². The van der Waals surface area contributed by atoms with Gasteiger partial charge in [0.05, 0.1) is 48.0 Å². The van der Waals surface area contributed by atoms with Crippen molar-refractivity contribution in [3.05, 3.63) is 21.9 Å². The summed E-state index contributed by atoms with van der Waals surface area (Å²) in [5.41, 5.74) is -1.52. The number of ether oxygens (including phenoxy) is 2. The number of carbonyl (C=O) groups is 2. The van der Waals surface area contributed by atoms with Gasteiger partial charge in [0.2, 0.25) is 0 Å².